The molecule has 0 aliphatic rings. The number of rotatable bonds is 9. The van der Waals surface area contributed by atoms with E-state index in [0.29, 0.717) is 25.2 Å². The average Bonchev–Trinajstić information content (AvgIpc) is 2.99. The fourth-order valence-corrected chi connectivity index (χ4v) is 3.14. The summed E-state index contributed by atoms with van der Waals surface area (Å²) in [6.07, 6.45) is 0.915. The van der Waals surface area contributed by atoms with Gasteiger partial charge in [-0.3, -0.25) is 14.5 Å². The van der Waals surface area contributed by atoms with E-state index in [1.165, 1.54) is 5.69 Å². The van der Waals surface area contributed by atoms with Crippen LogP contribution < -0.4 is 16.0 Å². The third-order valence-electron chi connectivity index (χ3n) is 4.04. The maximum absolute atomic E-state index is 12.1. The summed E-state index contributed by atoms with van der Waals surface area (Å²) in [5.74, 6) is 0.669. The molecule has 2 aromatic rings. The van der Waals surface area contributed by atoms with Crippen LogP contribution in [0.5, 0.6) is 0 Å². The lowest BCUT2D eigenvalue weighted by Gasteiger charge is -2.12. The van der Waals surface area contributed by atoms with Crippen LogP contribution in [0.15, 0.2) is 39.8 Å². The fourth-order valence-electron chi connectivity index (χ4n) is 2.74. The lowest BCUT2D eigenvalue weighted by Crippen LogP contribution is -2.41. The molecule has 7 nitrogen and oxygen atoms in total. The van der Waals surface area contributed by atoms with Crippen LogP contribution in [0, 0.1) is 13.8 Å². The second-order valence-corrected chi connectivity index (χ2v) is 7.37. The van der Waals surface area contributed by atoms with Crippen LogP contribution in [0.2, 0.25) is 0 Å². The molecule has 1 heterocycles. The Balaban J connectivity index is 0.00000420. The molecule has 1 amide bonds. The molecule has 0 saturated heterocycles. The molecule has 160 valence electrons. The van der Waals surface area contributed by atoms with Gasteiger partial charge < -0.3 is 16.0 Å². The topological polar surface area (TPSA) is 83.3 Å². The smallest absolute Gasteiger partial charge is 0.251 e. The van der Waals surface area contributed by atoms with Gasteiger partial charge in [0, 0.05) is 48.5 Å². The molecule has 29 heavy (non-hydrogen) atoms. The second kappa shape index (κ2) is 13.6. The molecule has 0 unspecified atom stereocenters. The number of benzene rings is 1. The number of nitrogens with one attached hydrogen (secondary N) is 3. The predicted octanol–water partition coefficient (Wildman–Crippen LogP) is 3.26. The molecule has 3 N–H and O–H groups in total. The van der Waals surface area contributed by atoms with Gasteiger partial charge in [0.1, 0.15) is 0 Å². The van der Waals surface area contributed by atoms with Crippen molar-refractivity contribution in [2.45, 2.75) is 33.7 Å². The van der Waals surface area contributed by atoms with Gasteiger partial charge in [0.15, 0.2) is 5.96 Å². The van der Waals surface area contributed by atoms with E-state index in [1.54, 1.807) is 12.1 Å². The average molecular weight is 577 g/mol. The summed E-state index contributed by atoms with van der Waals surface area (Å²) in [5, 5.41) is 13.8. The lowest BCUT2D eigenvalue weighted by atomic mass is 10.2. The van der Waals surface area contributed by atoms with E-state index in [4.69, 9.17) is 0 Å². The first-order valence-corrected chi connectivity index (χ1v) is 10.4. The van der Waals surface area contributed by atoms with Crippen molar-refractivity contribution in [3.8, 4) is 0 Å². The van der Waals surface area contributed by atoms with E-state index in [2.05, 4.69) is 55.0 Å². The Bertz CT molecular complexity index is 808. The molecule has 1 aromatic carbocycles. The number of guanidine groups is 1. The number of carbonyl (C=O) groups excluding carboxylic acids is 1. The van der Waals surface area contributed by atoms with Gasteiger partial charge in [0.2, 0.25) is 0 Å². The molecule has 2 rings (SSSR count). The molecule has 0 aliphatic carbocycles. The Hall–Kier alpha value is -1.62. The highest BCUT2D eigenvalue weighted by atomic mass is 127. The summed E-state index contributed by atoms with van der Waals surface area (Å²) in [7, 11) is 0. The van der Waals surface area contributed by atoms with Crippen LogP contribution in [-0.2, 0) is 6.54 Å². The molecule has 0 fully saturated rings. The molecular formula is C20H30BrIN6O. The number of carbonyl (C=O) groups is 1. The third kappa shape index (κ3) is 9.16. The Morgan fingerprint density at radius 2 is 1.93 bits per heavy atom. The summed E-state index contributed by atoms with van der Waals surface area (Å²) in [6.45, 7) is 9.56. The van der Waals surface area contributed by atoms with Gasteiger partial charge in [-0.05, 0) is 51.5 Å². The Kier molecular flexibility index (Phi) is 11.9. The number of aryl methyl sites for hydroxylation is 3. The summed E-state index contributed by atoms with van der Waals surface area (Å²) >= 11 is 3.38. The zero-order chi connectivity index (χ0) is 20.4. The minimum atomic E-state index is -0.0880. The Labute approximate surface area is 198 Å². The highest BCUT2D eigenvalue weighted by Gasteiger charge is 2.05. The minimum Gasteiger partial charge on any atom is -0.357 e. The van der Waals surface area contributed by atoms with Gasteiger partial charge in [0.25, 0.3) is 5.91 Å². The van der Waals surface area contributed by atoms with E-state index in [-0.39, 0.29) is 29.9 Å². The standard InChI is InChI=1S/C20H29BrN6O.HI/c1-4-22-20(24-9-6-12-27-16(3)13-15(2)26-27)25-11-10-23-19(28)17-7-5-8-18(21)14-17;/h5,7-8,13-14H,4,6,9-12H2,1-3H3,(H,23,28)(H2,22,24,25);1H. The number of amides is 1. The maximum Gasteiger partial charge on any atom is 0.251 e. The molecular weight excluding hydrogens is 547 g/mol. The van der Waals surface area contributed by atoms with E-state index in [9.17, 15) is 4.79 Å². The van der Waals surface area contributed by atoms with Crippen molar-refractivity contribution in [2.75, 3.05) is 26.2 Å². The van der Waals surface area contributed by atoms with E-state index in [0.717, 1.165) is 35.6 Å². The van der Waals surface area contributed by atoms with E-state index >= 15 is 0 Å². The van der Waals surface area contributed by atoms with Crippen molar-refractivity contribution < 1.29 is 4.79 Å². The Morgan fingerprint density at radius 1 is 1.17 bits per heavy atom. The number of aromatic nitrogens is 2. The first kappa shape index (κ1) is 25.4. The van der Waals surface area contributed by atoms with Gasteiger partial charge in [-0.25, -0.2) is 0 Å². The number of halogens is 2. The van der Waals surface area contributed by atoms with Crippen LogP contribution in [0.1, 0.15) is 35.1 Å². The summed E-state index contributed by atoms with van der Waals surface area (Å²) in [6, 6.07) is 9.42. The number of aliphatic imine (C=N–C) groups is 1. The molecule has 0 atom stereocenters. The van der Waals surface area contributed by atoms with Gasteiger partial charge in [-0.1, -0.05) is 22.0 Å². The van der Waals surface area contributed by atoms with Gasteiger partial charge in [-0.15, -0.1) is 24.0 Å². The first-order chi connectivity index (χ1) is 13.5. The second-order valence-electron chi connectivity index (χ2n) is 6.46. The first-order valence-electron chi connectivity index (χ1n) is 9.56. The predicted molar refractivity (Wildman–Crippen MR) is 132 cm³/mol. The van der Waals surface area contributed by atoms with Crippen molar-refractivity contribution in [1.82, 2.24) is 25.7 Å². The van der Waals surface area contributed by atoms with Gasteiger partial charge in [0.05, 0.1) is 5.69 Å². The van der Waals surface area contributed by atoms with Crippen molar-refractivity contribution >= 4 is 51.8 Å². The quantitative estimate of drug-likeness (QED) is 0.185. The van der Waals surface area contributed by atoms with Gasteiger partial charge in [-0.2, -0.15) is 5.10 Å². The van der Waals surface area contributed by atoms with Crippen LogP contribution in [0.3, 0.4) is 0 Å². The van der Waals surface area contributed by atoms with Crippen LogP contribution in [0.4, 0.5) is 0 Å². The zero-order valence-corrected chi connectivity index (χ0v) is 21.1. The lowest BCUT2D eigenvalue weighted by molar-refractivity contribution is 0.0954. The number of hydrogen-bond acceptors (Lipinski definition) is 3. The van der Waals surface area contributed by atoms with Crippen LogP contribution >= 0.6 is 39.9 Å². The zero-order valence-electron chi connectivity index (χ0n) is 17.2. The normalized spacial score (nSPS) is 11.0. The van der Waals surface area contributed by atoms with Crippen LogP contribution in [0.25, 0.3) is 0 Å². The van der Waals surface area contributed by atoms with Crippen molar-refractivity contribution in [3.05, 3.63) is 51.8 Å². The van der Waals surface area contributed by atoms with Crippen LogP contribution in [-0.4, -0.2) is 47.8 Å². The summed E-state index contributed by atoms with van der Waals surface area (Å²) < 4.78 is 2.91. The highest BCUT2D eigenvalue weighted by molar-refractivity contribution is 14.0. The van der Waals surface area contributed by atoms with E-state index in [1.807, 2.05) is 30.7 Å². The summed E-state index contributed by atoms with van der Waals surface area (Å²) in [4.78, 5) is 16.7. The largest absolute Gasteiger partial charge is 0.357 e. The molecule has 1 aromatic heterocycles. The molecule has 0 spiro atoms. The Morgan fingerprint density at radius 3 is 2.59 bits per heavy atom. The third-order valence-corrected chi connectivity index (χ3v) is 4.53. The van der Waals surface area contributed by atoms with E-state index < -0.39 is 0 Å². The number of hydrogen-bond donors (Lipinski definition) is 3. The molecule has 0 bridgehead atoms. The summed E-state index contributed by atoms with van der Waals surface area (Å²) in [5.41, 5.74) is 2.85. The fraction of sp³-hybridized carbons (Fsp3) is 0.450. The molecule has 0 saturated carbocycles. The molecule has 0 radical (unpaired) electrons. The van der Waals surface area contributed by atoms with Crippen molar-refractivity contribution in [3.63, 3.8) is 0 Å². The highest BCUT2D eigenvalue weighted by Crippen LogP contribution is 2.11. The van der Waals surface area contributed by atoms with Crippen molar-refractivity contribution in [1.29, 1.82) is 0 Å². The number of nitrogens with zero attached hydrogens (tertiary/aromatic N) is 3. The molecule has 0 aliphatic heterocycles. The SMILES string of the molecule is CCNC(=NCCCn1nc(C)cc1C)NCCNC(=O)c1cccc(Br)c1.I. The molecule has 9 heteroatoms. The maximum atomic E-state index is 12.1. The van der Waals surface area contributed by atoms with Gasteiger partial charge >= 0.3 is 0 Å². The van der Waals surface area contributed by atoms with Crippen molar-refractivity contribution in [2.24, 2.45) is 4.99 Å². The minimum absolute atomic E-state index is 0. The monoisotopic (exact) mass is 576 g/mol.